The molecule has 2 rings (SSSR count). The Hall–Kier alpha value is 1.48. The van der Waals surface area contributed by atoms with E-state index in [1.807, 2.05) is 23.7 Å². The Balaban J connectivity index is -0.0000000121. The van der Waals surface area contributed by atoms with Gasteiger partial charge >= 0.3 is 171 Å². The number of para-hydroxylation sites is 1. The SMILES string of the molecule is [C-]#N.[C-]#N.[C-]#N.[C-]#N.[C-]#N.[C-]#N.[Fe+6].[H-].[H-].[H-].[K+].[K+].[K+].c1ccc2scnc2c1. The maximum absolute atomic E-state index is 6.25. The van der Waals surface area contributed by atoms with E-state index in [-0.39, 0.29) is 176 Å². The Morgan fingerprint density at radius 1 is 0.680 bits per heavy atom. The van der Waals surface area contributed by atoms with Gasteiger partial charge in [0.15, 0.2) is 0 Å². The summed E-state index contributed by atoms with van der Waals surface area (Å²) < 4.78 is 1.26. The second kappa shape index (κ2) is 72.8. The van der Waals surface area contributed by atoms with E-state index in [2.05, 4.69) is 11.1 Å². The summed E-state index contributed by atoms with van der Waals surface area (Å²) in [4.78, 5) is 4.14. The Morgan fingerprint density at radius 2 is 1.00 bits per heavy atom. The van der Waals surface area contributed by atoms with Crippen molar-refractivity contribution >= 4 is 21.6 Å². The topological polar surface area (TPSA) is 156 Å². The molecule has 0 amide bonds. The van der Waals surface area contributed by atoms with Crippen molar-refractivity contribution in [2.45, 2.75) is 0 Å². The van der Waals surface area contributed by atoms with E-state index in [9.17, 15) is 0 Å². The minimum absolute atomic E-state index is 0. The molecule has 0 atom stereocenters. The minimum Gasteiger partial charge on any atom is -1.00 e. The molecule has 0 aliphatic carbocycles. The van der Waals surface area contributed by atoms with Gasteiger partial charge in [-0.15, -0.1) is 11.3 Å². The summed E-state index contributed by atoms with van der Waals surface area (Å²) in [6.45, 7) is 28.5. The molecule has 12 heteroatoms. The number of hydrogen-bond acceptors (Lipinski definition) is 8. The third-order valence-electron chi connectivity index (χ3n) is 1.24. The van der Waals surface area contributed by atoms with E-state index in [0.717, 1.165) is 5.52 Å². The number of nitrogens with zero attached hydrogens (tertiary/aromatic N) is 7. The standard InChI is InChI=1S/C7H5NS.6CN.Fe.3K.3H/c1-2-4-7-6(3-1)8-5-9-7;6*1-2;;;;;;;/h1-5H;;;;;;;;;;;;;/q;6*-1;+6;3*+1;3*-1. The maximum atomic E-state index is 6.25. The van der Waals surface area contributed by atoms with E-state index in [1.165, 1.54) is 4.70 Å². The maximum Gasteiger partial charge on any atom is 6.00 e. The van der Waals surface area contributed by atoms with Crippen molar-refractivity contribution in [3.05, 3.63) is 69.2 Å². The number of hydrogen-bond donors (Lipinski definition) is 0. The van der Waals surface area contributed by atoms with E-state index in [0.29, 0.717) is 0 Å². The van der Waals surface area contributed by atoms with Gasteiger partial charge in [0.2, 0.25) is 0 Å². The quantitative estimate of drug-likeness (QED) is 0.276. The summed E-state index contributed by atoms with van der Waals surface area (Å²) in [5.74, 6) is 0. The predicted octanol–water partition coefficient (Wildman–Crippen LogP) is -5.78. The van der Waals surface area contributed by atoms with Crippen molar-refractivity contribution in [3.8, 4) is 0 Å². The minimum atomic E-state index is 0. The zero-order chi connectivity index (χ0) is 18.1. The van der Waals surface area contributed by atoms with Gasteiger partial charge in [0.05, 0.1) is 15.7 Å². The first-order valence-corrected chi connectivity index (χ1v) is 4.97. The average Bonchev–Trinajstić information content (AvgIpc) is 3.14. The monoisotopic (exact) mass is 467 g/mol. The molecule has 0 fully saturated rings. The Labute approximate surface area is 295 Å². The fourth-order valence-electron chi connectivity index (χ4n) is 0.803. The summed E-state index contributed by atoms with van der Waals surface area (Å²) in [6, 6.07) is 8.13. The summed E-state index contributed by atoms with van der Waals surface area (Å²) in [5.41, 5.74) is 2.97. The first kappa shape index (κ1) is 56.3. The number of fused-ring (bicyclic) bond motifs is 1. The van der Waals surface area contributed by atoms with Crippen LogP contribution in [0, 0.1) is 71.0 Å². The summed E-state index contributed by atoms with van der Waals surface area (Å²) >= 11 is 1.68. The van der Waals surface area contributed by atoms with Crippen molar-refractivity contribution < 1.29 is 176 Å². The molecule has 1 aromatic heterocycles. The van der Waals surface area contributed by atoms with Crippen molar-refractivity contribution in [2.75, 3.05) is 0 Å². The summed E-state index contributed by atoms with van der Waals surface area (Å²) in [7, 11) is 0. The van der Waals surface area contributed by atoms with Gasteiger partial charge in [0.1, 0.15) is 0 Å². The molecular weight excluding hydrogens is 459 g/mol. The van der Waals surface area contributed by atoms with Crippen LogP contribution in [0.2, 0.25) is 0 Å². The zero-order valence-electron chi connectivity index (χ0n) is 16.8. The first-order chi connectivity index (χ1) is 10.5. The van der Waals surface area contributed by atoms with Crippen molar-refractivity contribution in [2.24, 2.45) is 0 Å². The van der Waals surface area contributed by atoms with E-state index in [4.69, 9.17) is 71.0 Å². The largest absolute Gasteiger partial charge is 6.00 e. The number of rotatable bonds is 0. The Kier molecular flexibility index (Phi) is 164. The first-order valence-electron chi connectivity index (χ1n) is 4.09. The van der Waals surface area contributed by atoms with Crippen LogP contribution in [-0.2, 0) is 17.1 Å². The van der Waals surface area contributed by atoms with Gasteiger partial charge < -0.3 is 75.3 Å². The molecule has 7 nitrogen and oxygen atoms in total. The van der Waals surface area contributed by atoms with Crippen molar-refractivity contribution in [1.29, 1.82) is 31.6 Å². The smallest absolute Gasteiger partial charge is 1.00 e. The van der Waals surface area contributed by atoms with Gasteiger partial charge in [-0.1, -0.05) is 12.1 Å². The number of aromatic nitrogens is 1. The molecular formula is C13H8FeK3N7S. The molecule has 0 saturated carbocycles. The van der Waals surface area contributed by atoms with Gasteiger partial charge in [-0.05, 0) is 12.1 Å². The average molecular weight is 467 g/mol. The fraction of sp³-hybridized carbons (Fsp3) is 0. The normalized spacial score (nSPS) is 4.16. The van der Waals surface area contributed by atoms with Crippen LogP contribution in [0.15, 0.2) is 29.8 Å². The molecule has 0 aliphatic heterocycles. The van der Waals surface area contributed by atoms with E-state index >= 15 is 0 Å². The van der Waals surface area contributed by atoms with Crippen LogP contribution >= 0.6 is 11.3 Å². The molecule has 0 bridgehead atoms. The number of benzene rings is 1. The van der Waals surface area contributed by atoms with Crippen LogP contribution in [-0.4, -0.2) is 4.98 Å². The second-order valence-corrected chi connectivity index (χ2v) is 2.71. The van der Waals surface area contributed by atoms with Gasteiger partial charge in [0.25, 0.3) is 0 Å². The Bertz CT molecular complexity index is 502. The molecule has 0 aliphatic rings. The van der Waals surface area contributed by atoms with E-state index in [1.54, 1.807) is 11.3 Å². The third kappa shape index (κ3) is 41.1. The van der Waals surface area contributed by atoms with Crippen molar-refractivity contribution in [1.82, 2.24) is 4.98 Å². The van der Waals surface area contributed by atoms with Gasteiger partial charge in [-0.25, -0.2) is 4.98 Å². The van der Waals surface area contributed by atoms with Gasteiger partial charge in [-0.3, -0.25) is 0 Å². The van der Waals surface area contributed by atoms with Crippen LogP contribution in [0.3, 0.4) is 0 Å². The molecule has 0 N–H and O–H groups in total. The van der Waals surface area contributed by atoms with Gasteiger partial charge in [-0.2, -0.15) is 0 Å². The van der Waals surface area contributed by atoms with Gasteiger partial charge in [0, 0.05) is 0 Å². The molecule has 1 heterocycles. The fourth-order valence-corrected chi connectivity index (χ4v) is 1.48. The molecule has 0 spiro atoms. The van der Waals surface area contributed by atoms with Crippen LogP contribution in [0.5, 0.6) is 0 Å². The molecule has 25 heavy (non-hydrogen) atoms. The molecule has 2 aromatic rings. The molecule has 0 saturated heterocycles. The molecule has 0 radical (unpaired) electrons. The van der Waals surface area contributed by atoms with Crippen LogP contribution in [0.1, 0.15) is 4.28 Å². The molecule has 112 valence electrons. The number of thiazole rings is 1. The summed E-state index contributed by atoms with van der Waals surface area (Å²) in [5, 5.41) is 37.5. The Morgan fingerprint density at radius 3 is 1.32 bits per heavy atom. The molecule has 0 unspecified atom stereocenters. The predicted molar refractivity (Wildman–Crippen MR) is 72.8 cm³/mol. The third-order valence-corrected chi connectivity index (χ3v) is 2.05. The summed E-state index contributed by atoms with van der Waals surface area (Å²) in [6.07, 6.45) is 0. The van der Waals surface area contributed by atoms with Crippen LogP contribution < -0.4 is 154 Å². The van der Waals surface area contributed by atoms with Crippen LogP contribution in [0.25, 0.3) is 10.2 Å². The van der Waals surface area contributed by atoms with Crippen LogP contribution in [0.4, 0.5) is 0 Å². The van der Waals surface area contributed by atoms with Crippen molar-refractivity contribution in [3.63, 3.8) is 0 Å². The zero-order valence-corrected chi connectivity index (χ0v) is 25.1. The second-order valence-electron chi connectivity index (χ2n) is 1.82. The van der Waals surface area contributed by atoms with E-state index < -0.39 is 0 Å². The molecule has 1 aromatic carbocycles.